The third kappa shape index (κ3) is 4.10. The van der Waals surface area contributed by atoms with E-state index >= 15 is 0 Å². The first-order valence-electron chi connectivity index (χ1n) is 8.28. The van der Waals surface area contributed by atoms with Crippen molar-refractivity contribution in [2.75, 3.05) is 17.1 Å². The molecule has 2 N–H and O–H groups in total. The molecule has 1 aliphatic rings. The van der Waals surface area contributed by atoms with Crippen molar-refractivity contribution in [3.8, 4) is 5.88 Å². The second-order valence-corrected chi connectivity index (χ2v) is 7.70. The quantitative estimate of drug-likeness (QED) is 0.801. The van der Waals surface area contributed by atoms with Gasteiger partial charge in [-0.05, 0) is 37.1 Å². The maximum Gasteiger partial charge on any atom is 0.263 e. The van der Waals surface area contributed by atoms with Crippen molar-refractivity contribution in [2.24, 2.45) is 5.92 Å². The molecule has 1 saturated carbocycles. The van der Waals surface area contributed by atoms with Gasteiger partial charge in [0.2, 0.25) is 11.7 Å². The van der Waals surface area contributed by atoms with Crippen molar-refractivity contribution in [1.29, 1.82) is 0 Å². The fourth-order valence-electron chi connectivity index (χ4n) is 2.88. The number of anilines is 2. The number of sulfonamides is 1. The molecule has 0 unspecified atom stereocenters. The summed E-state index contributed by atoms with van der Waals surface area (Å²) in [6.07, 6.45) is 6.73. The van der Waals surface area contributed by atoms with E-state index in [1.54, 1.807) is 12.1 Å². The second-order valence-electron chi connectivity index (χ2n) is 6.01. The van der Waals surface area contributed by atoms with Crippen molar-refractivity contribution in [3.63, 3.8) is 0 Å². The number of methoxy groups -OCH3 is 1. The first-order valence-corrected chi connectivity index (χ1v) is 9.76. The lowest BCUT2D eigenvalue weighted by Gasteiger charge is -2.12. The molecule has 3 rings (SSSR count). The zero-order chi connectivity index (χ0) is 18.6. The van der Waals surface area contributed by atoms with Crippen LogP contribution < -0.4 is 14.8 Å². The summed E-state index contributed by atoms with van der Waals surface area (Å²) in [5, 5.41) is 2.83. The van der Waals surface area contributed by atoms with Gasteiger partial charge >= 0.3 is 0 Å². The van der Waals surface area contributed by atoms with Crippen molar-refractivity contribution >= 4 is 27.4 Å². The Labute approximate surface area is 152 Å². The average molecular weight is 376 g/mol. The van der Waals surface area contributed by atoms with Crippen LogP contribution in [0.25, 0.3) is 0 Å². The van der Waals surface area contributed by atoms with E-state index in [4.69, 9.17) is 4.74 Å². The maximum atomic E-state index is 12.5. The molecule has 0 radical (unpaired) electrons. The van der Waals surface area contributed by atoms with Gasteiger partial charge in [-0.25, -0.2) is 18.4 Å². The predicted molar refractivity (Wildman–Crippen MR) is 96.4 cm³/mol. The van der Waals surface area contributed by atoms with E-state index in [2.05, 4.69) is 20.0 Å². The zero-order valence-electron chi connectivity index (χ0n) is 14.3. The third-order valence-electron chi connectivity index (χ3n) is 4.25. The van der Waals surface area contributed by atoms with Crippen LogP contribution in [0.5, 0.6) is 5.88 Å². The van der Waals surface area contributed by atoms with Crippen molar-refractivity contribution in [2.45, 2.75) is 30.6 Å². The van der Waals surface area contributed by atoms with E-state index < -0.39 is 10.0 Å². The number of carbonyl (C=O) groups excluding carboxylic acids is 1. The van der Waals surface area contributed by atoms with E-state index in [0.29, 0.717) is 5.69 Å². The smallest absolute Gasteiger partial charge is 0.263 e. The minimum absolute atomic E-state index is 0.00797. The van der Waals surface area contributed by atoms with Gasteiger partial charge in [-0.15, -0.1) is 0 Å². The second kappa shape index (κ2) is 7.69. The number of hydrogen-bond donors (Lipinski definition) is 2. The molecular formula is C17H20N4O4S. The molecule has 1 aliphatic carbocycles. The normalized spacial score (nSPS) is 14.8. The van der Waals surface area contributed by atoms with Gasteiger partial charge in [0.1, 0.15) is 0 Å². The number of hydrogen-bond acceptors (Lipinski definition) is 6. The molecule has 1 fully saturated rings. The van der Waals surface area contributed by atoms with Gasteiger partial charge in [0, 0.05) is 24.0 Å². The SMILES string of the molecule is COc1nccnc1NS(=O)(=O)c1ccc(NC(=O)C2CCCC2)cc1. The first-order chi connectivity index (χ1) is 12.5. The van der Waals surface area contributed by atoms with Crippen LogP contribution >= 0.6 is 0 Å². The zero-order valence-corrected chi connectivity index (χ0v) is 15.1. The Bertz CT molecular complexity index is 878. The Morgan fingerprint density at radius 2 is 1.77 bits per heavy atom. The topological polar surface area (TPSA) is 110 Å². The van der Waals surface area contributed by atoms with Crippen LogP contribution in [0.15, 0.2) is 41.6 Å². The van der Waals surface area contributed by atoms with Gasteiger partial charge in [0.25, 0.3) is 15.9 Å². The Morgan fingerprint density at radius 1 is 1.12 bits per heavy atom. The highest BCUT2D eigenvalue weighted by atomic mass is 32.2. The van der Waals surface area contributed by atoms with Crippen molar-refractivity contribution in [1.82, 2.24) is 9.97 Å². The molecule has 1 heterocycles. The maximum absolute atomic E-state index is 12.5. The average Bonchev–Trinajstić information content (AvgIpc) is 3.17. The summed E-state index contributed by atoms with van der Waals surface area (Å²) < 4.78 is 32.3. The summed E-state index contributed by atoms with van der Waals surface area (Å²) in [5.74, 6) is 0.120. The Kier molecular flexibility index (Phi) is 5.36. The Hall–Kier alpha value is -2.68. The minimum atomic E-state index is -3.85. The minimum Gasteiger partial charge on any atom is -0.478 e. The molecule has 0 spiro atoms. The van der Waals surface area contributed by atoms with E-state index in [0.717, 1.165) is 25.7 Å². The number of nitrogens with one attached hydrogen (secondary N) is 2. The standard InChI is InChI=1S/C17H20N4O4S/c1-25-17-15(18-10-11-19-17)21-26(23,24)14-8-6-13(7-9-14)20-16(22)12-4-2-3-5-12/h6-12H,2-5H2,1H3,(H,18,21)(H,20,22). The number of ether oxygens (including phenoxy) is 1. The van der Waals surface area contributed by atoms with Crippen LogP contribution in [0.1, 0.15) is 25.7 Å². The van der Waals surface area contributed by atoms with Crippen molar-refractivity contribution in [3.05, 3.63) is 36.7 Å². The molecule has 0 atom stereocenters. The lowest BCUT2D eigenvalue weighted by Crippen LogP contribution is -2.20. The molecule has 26 heavy (non-hydrogen) atoms. The van der Waals surface area contributed by atoms with E-state index in [9.17, 15) is 13.2 Å². The highest BCUT2D eigenvalue weighted by Crippen LogP contribution is 2.26. The van der Waals surface area contributed by atoms with Gasteiger partial charge < -0.3 is 10.1 Å². The number of rotatable bonds is 6. The highest BCUT2D eigenvalue weighted by Gasteiger charge is 2.23. The Morgan fingerprint density at radius 3 is 2.42 bits per heavy atom. The molecule has 9 heteroatoms. The predicted octanol–water partition coefficient (Wildman–Crippen LogP) is 2.41. The summed E-state index contributed by atoms with van der Waals surface area (Å²) in [4.78, 5) is 20.0. The van der Waals surface area contributed by atoms with Crippen LogP contribution in [0.3, 0.4) is 0 Å². The summed E-state index contributed by atoms with van der Waals surface area (Å²) >= 11 is 0. The van der Waals surface area contributed by atoms with E-state index in [1.165, 1.54) is 31.6 Å². The summed E-state index contributed by atoms with van der Waals surface area (Å²) in [5.41, 5.74) is 0.568. The number of amides is 1. The largest absolute Gasteiger partial charge is 0.478 e. The fraction of sp³-hybridized carbons (Fsp3) is 0.353. The lowest BCUT2D eigenvalue weighted by molar-refractivity contribution is -0.119. The fourth-order valence-corrected chi connectivity index (χ4v) is 3.89. The van der Waals surface area contributed by atoms with E-state index in [-0.39, 0.29) is 28.4 Å². The van der Waals surface area contributed by atoms with Crippen LogP contribution in [-0.4, -0.2) is 31.4 Å². The van der Waals surface area contributed by atoms with Crippen LogP contribution in [0.2, 0.25) is 0 Å². The molecule has 1 aromatic carbocycles. The summed E-state index contributed by atoms with van der Waals surface area (Å²) in [6, 6.07) is 5.98. The molecule has 8 nitrogen and oxygen atoms in total. The van der Waals surface area contributed by atoms with Gasteiger partial charge in [-0.3, -0.25) is 9.52 Å². The molecular weight excluding hydrogens is 356 g/mol. The van der Waals surface area contributed by atoms with Crippen LogP contribution in [0.4, 0.5) is 11.5 Å². The summed E-state index contributed by atoms with van der Waals surface area (Å²) in [6.45, 7) is 0. The molecule has 138 valence electrons. The number of benzene rings is 1. The van der Waals surface area contributed by atoms with Gasteiger partial charge in [0.05, 0.1) is 12.0 Å². The van der Waals surface area contributed by atoms with E-state index in [1.807, 2.05) is 0 Å². The molecule has 1 aromatic heterocycles. The molecule has 1 amide bonds. The first kappa shape index (κ1) is 18.1. The number of nitrogens with zero attached hydrogens (tertiary/aromatic N) is 2. The summed E-state index contributed by atoms with van der Waals surface area (Å²) in [7, 11) is -2.47. The van der Waals surface area contributed by atoms with Crippen LogP contribution in [0, 0.1) is 5.92 Å². The van der Waals surface area contributed by atoms with Crippen LogP contribution in [-0.2, 0) is 14.8 Å². The molecule has 0 saturated heterocycles. The monoisotopic (exact) mass is 376 g/mol. The lowest BCUT2D eigenvalue weighted by atomic mass is 10.1. The van der Waals surface area contributed by atoms with Gasteiger partial charge in [0.15, 0.2) is 0 Å². The number of carbonyl (C=O) groups is 1. The molecule has 2 aromatic rings. The Balaban J connectivity index is 1.71. The van der Waals surface area contributed by atoms with Crippen molar-refractivity contribution < 1.29 is 17.9 Å². The van der Waals surface area contributed by atoms with Gasteiger partial charge in [-0.1, -0.05) is 12.8 Å². The highest BCUT2D eigenvalue weighted by molar-refractivity contribution is 7.92. The molecule has 0 bridgehead atoms. The molecule has 0 aliphatic heterocycles. The van der Waals surface area contributed by atoms with Gasteiger partial charge in [-0.2, -0.15) is 0 Å². The number of aromatic nitrogens is 2. The third-order valence-corrected chi connectivity index (χ3v) is 5.60.